The zero-order valence-corrected chi connectivity index (χ0v) is 24.7. The van der Waals surface area contributed by atoms with E-state index in [1.807, 2.05) is 42.5 Å². The number of aliphatic hydroxyl groups is 2. The van der Waals surface area contributed by atoms with Gasteiger partial charge in [0.05, 0.1) is 12.7 Å². The quantitative estimate of drug-likeness (QED) is 0.169. The van der Waals surface area contributed by atoms with Crippen molar-refractivity contribution in [3.05, 3.63) is 65.7 Å². The van der Waals surface area contributed by atoms with E-state index in [4.69, 9.17) is 24.3 Å². The Kier molecular flexibility index (Phi) is 10.6. The fourth-order valence-corrected chi connectivity index (χ4v) is 5.18. The van der Waals surface area contributed by atoms with E-state index < -0.39 is 29.1 Å². The summed E-state index contributed by atoms with van der Waals surface area (Å²) < 4.78 is 17.7. The molecule has 2 atom stereocenters. The van der Waals surface area contributed by atoms with Crippen LogP contribution in [0.15, 0.2) is 59.6 Å². The highest BCUT2D eigenvalue weighted by molar-refractivity contribution is 6.01. The van der Waals surface area contributed by atoms with Crippen molar-refractivity contribution in [3.63, 3.8) is 0 Å². The number of benzene rings is 2. The minimum Gasteiger partial charge on any atom is -0.494 e. The first-order valence-electron chi connectivity index (χ1n) is 14.7. The van der Waals surface area contributed by atoms with Crippen molar-refractivity contribution < 1.29 is 34.0 Å². The Morgan fingerprint density at radius 3 is 2.38 bits per heavy atom. The van der Waals surface area contributed by atoms with Crippen LogP contribution in [-0.4, -0.2) is 64.5 Å². The van der Waals surface area contributed by atoms with Gasteiger partial charge in [0.2, 0.25) is 5.90 Å². The summed E-state index contributed by atoms with van der Waals surface area (Å²) in [6.07, 6.45) is 2.21. The molecule has 0 unspecified atom stereocenters. The molecule has 0 radical (unpaired) electrons. The summed E-state index contributed by atoms with van der Waals surface area (Å²) in [7, 11) is 0. The molecule has 10 heteroatoms. The fraction of sp³-hybridized carbons (Fsp3) is 0.531. The molecular weight excluding hydrogens is 538 g/mol. The van der Waals surface area contributed by atoms with Crippen molar-refractivity contribution in [2.75, 3.05) is 13.2 Å². The molecule has 2 aromatic carbocycles. The van der Waals surface area contributed by atoms with Gasteiger partial charge in [-0.25, -0.2) is 10.4 Å². The van der Waals surface area contributed by atoms with Crippen LogP contribution >= 0.6 is 0 Å². The van der Waals surface area contributed by atoms with Crippen LogP contribution in [0.25, 0.3) is 0 Å². The van der Waals surface area contributed by atoms with E-state index in [1.165, 1.54) is 0 Å². The molecule has 228 valence electrons. The lowest BCUT2D eigenvalue weighted by Gasteiger charge is -2.32. The lowest BCUT2D eigenvalue weighted by atomic mass is 9.83. The third-order valence-corrected chi connectivity index (χ3v) is 7.35. The molecule has 1 heterocycles. The Labute approximate surface area is 247 Å². The number of esters is 1. The number of amides is 1. The highest BCUT2D eigenvalue weighted by atomic mass is 16.6. The van der Waals surface area contributed by atoms with Crippen LogP contribution in [-0.2, 0) is 19.1 Å². The predicted octanol–water partition coefficient (Wildman–Crippen LogP) is 3.75. The molecule has 1 saturated carbocycles. The van der Waals surface area contributed by atoms with Crippen LogP contribution in [0.4, 0.5) is 0 Å². The fourth-order valence-electron chi connectivity index (χ4n) is 5.18. The Morgan fingerprint density at radius 1 is 1.05 bits per heavy atom. The second-order valence-electron chi connectivity index (χ2n) is 11.9. The van der Waals surface area contributed by atoms with Crippen LogP contribution in [0.1, 0.15) is 82.9 Å². The molecule has 1 aliphatic carbocycles. The van der Waals surface area contributed by atoms with Gasteiger partial charge >= 0.3 is 5.97 Å². The predicted molar refractivity (Wildman–Crippen MR) is 158 cm³/mol. The number of aliphatic imine (C=N–C) groups is 1. The van der Waals surface area contributed by atoms with Crippen LogP contribution in [0.3, 0.4) is 0 Å². The zero-order valence-electron chi connectivity index (χ0n) is 24.7. The first-order valence-corrected chi connectivity index (χ1v) is 14.7. The molecule has 42 heavy (non-hydrogen) atoms. The summed E-state index contributed by atoms with van der Waals surface area (Å²) in [6.45, 7) is 5.85. The zero-order chi connectivity index (χ0) is 30.2. The monoisotopic (exact) mass is 581 g/mol. The van der Waals surface area contributed by atoms with Gasteiger partial charge in [-0.1, -0.05) is 30.3 Å². The smallest absolute Gasteiger partial charge is 0.306 e. The molecule has 2 aromatic rings. The van der Waals surface area contributed by atoms with Crippen LogP contribution in [0.2, 0.25) is 0 Å². The summed E-state index contributed by atoms with van der Waals surface area (Å²) in [6, 6.07) is 16.6. The van der Waals surface area contributed by atoms with Crippen molar-refractivity contribution in [3.8, 4) is 5.75 Å². The molecule has 10 nitrogen and oxygen atoms in total. The number of hydrazine groups is 1. The number of ether oxygens (including phenoxy) is 3. The molecule has 1 fully saturated rings. The minimum atomic E-state index is -1.47. The average molecular weight is 582 g/mol. The van der Waals surface area contributed by atoms with Gasteiger partial charge in [0.15, 0.2) is 11.6 Å². The normalized spacial score (nSPS) is 23.9. The van der Waals surface area contributed by atoms with Crippen molar-refractivity contribution >= 4 is 17.8 Å². The van der Waals surface area contributed by atoms with E-state index in [2.05, 4.69) is 10.9 Å². The Hall–Kier alpha value is -3.47. The number of rotatable bonds is 12. The molecule has 0 bridgehead atoms. The van der Waals surface area contributed by atoms with E-state index in [9.17, 15) is 14.7 Å². The number of aliphatic hydroxyl groups excluding tert-OH is 2. The van der Waals surface area contributed by atoms with Gasteiger partial charge in [-0.3, -0.25) is 15.0 Å². The third-order valence-electron chi connectivity index (χ3n) is 7.35. The van der Waals surface area contributed by atoms with Gasteiger partial charge in [-0.05, 0) is 82.7 Å². The number of nitrogens with zero attached hydrogens (tertiary/aromatic N) is 1. The maximum atomic E-state index is 14.1. The molecular formula is C32H43N3O7. The van der Waals surface area contributed by atoms with Gasteiger partial charge in [0, 0.05) is 31.1 Å². The second-order valence-corrected chi connectivity index (χ2v) is 11.9. The van der Waals surface area contributed by atoms with Gasteiger partial charge in [-0.2, -0.15) is 0 Å². The third kappa shape index (κ3) is 8.30. The molecule has 1 amide bonds. The number of hydrogen-bond donors (Lipinski definition) is 4. The molecule has 4 N–H and O–H groups in total. The van der Waals surface area contributed by atoms with Crippen LogP contribution in [0, 0.1) is 0 Å². The van der Waals surface area contributed by atoms with E-state index in [-0.39, 0.29) is 37.5 Å². The van der Waals surface area contributed by atoms with E-state index >= 15 is 0 Å². The standard InChI is InChI=1S/C32H43N3O7/c1-31(2,3)42-27(38)18-19-32(30(39)35-34-24-12-14-25(37)15-13-24)28(22-8-5-4-6-9-22)41-29(33-32)23-10-16-26(17-11-23)40-21-7-20-36/h4-6,8-11,16-17,24-25,28,34,36-37H,7,12-15,18-21H2,1-3H3,(H,35,39)/t24?,25?,28-,32-/m0/s1. The SMILES string of the molecule is CC(C)(C)OC(=O)CC[C@]1(C(=O)NNC2CCC(O)CC2)N=C(c2ccc(OCCCO)cc2)O[C@H]1c1ccccc1. The first kappa shape index (κ1) is 31.5. The molecule has 4 rings (SSSR count). The van der Waals surface area contributed by atoms with Gasteiger partial charge in [0.25, 0.3) is 5.91 Å². The molecule has 0 aromatic heterocycles. The minimum absolute atomic E-state index is 0.0135. The number of carbonyl (C=O) groups excluding carboxylic acids is 2. The van der Waals surface area contributed by atoms with Crippen molar-refractivity contribution in [2.24, 2.45) is 4.99 Å². The summed E-state index contributed by atoms with van der Waals surface area (Å²) in [5.41, 5.74) is 5.30. The maximum Gasteiger partial charge on any atom is 0.306 e. The Balaban J connectivity index is 1.65. The molecule has 1 aliphatic heterocycles. The molecule has 2 aliphatic rings. The second kappa shape index (κ2) is 14.1. The van der Waals surface area contributed by atoms with Crippen molar-refractivity contribution in [1.29, 1.82) is 0 Å². The molecule has 0 spiro atoms. The van der Waals surface area contributed by atoms with Crippen molar-refractivity contribution in [2.45, 2.75) is 95.1 Å². The Morgan fingerprint density at radius 2 is 1.74 bits per heavy atom. The average Bonchev–Trinajstić information content (AvgIpc) is 3.37. The first-order chi connectivity index (χ1) is 20.1. The number of carbonyl (C=O) groups is 2. The van der Waals surface area contributed by atoms with Crippen molar-refractivity contribution in [1.82, 2.24) is 10.9 Å². The number of hydrogen-bond acceptors (Lipinski definition) is 9. The molecule has 0 saturated heterocycles. The van der Waals surface area contributed by atoms with E-state index in [0.29, 0.717) is 37.2 Å². The largest absolute Gasteiger partial charge is 0.494 e. The van der Waals surface area contributed by atoms with E-state index in [1.54, 1.807) is 32.9 Å². The topological polar surface area (TPSA) is 139 Å². The highest BCUT2D eigenvalue weighted by Crippen LogP contribution is 2.43. The summed E-state index contributed by atoms with van der Waals surface area (Å²) in [4.78, 5) is 31.9. The van der Waals surface area contributed by atoms with Gasteiger partial charge in [-0.15, -0.1) is 0 Å². The maximum absolute atomic E-state index is 14.1. The lowest BCUT2D eigenvalue weighted by molar-refractivity contribution is -0.155. The lowest BCUT2D eigenvalue weighted by Crippen LogP contribution is -2.55. The summed E-state index contributed by atoms with van der Waals surface area (Å²) >= 11 is 0. The Bertz CT molecular complexity index is 1200. The highest BCUT2D eigenvalue weighted by Gasteiger charge is 2.53. The number of nitrogens with one attached hydrogen (secondary N) is 2. The van der Waals surface area contributed by atoms with Crippen LogP contribution < -0.4 is 15.6 Å². The summed E-state index contributed by atoms with van der Waals surface area (Å²) in [5.74, 6) is 0.0840. The summed E-state index contributed by atoms with van der Waals surface area (Å²) in [5, 5.41) is 18.9. The van der Waals surface area contributed by atoms with E-state index in [0.717, 1.165) is 18.4 Å². The van der Waals surface area contributed by atoms with Gasteiger partial charge < -0.3 is 24.4 Å². The van der Waals surface area contributed by atoms with Gasteiger partial charge in [0.1, 0.15) is 11.4 Å². The van der Waals surface area contributed by atoms with Crippen LogP contribution in [0.5, 0.6) is 5.75 Å².